The number of aliphatic hydroxyl groups is 4. The number of esters is 4. The number of nitrogens with one attached hydrogen (secondary N) is 2. The van der Waals surface area contributed by atoms with E-state index in [9.17, 15) is 77.9 Å². The van der Waals surface area contributed by atoms with E-state index in [-0.39, 0.29) is 38.5 Å². The molecule has 2 amide bonds. The second-order valence-corrected chi connectivity index (χ2v) is 38.6. The Balaban J connectivity index is 2.77. The van der Waals surface area contributed by atoms with Crippen molar-refractivity contribution in [1.29, 1.82) is 0 Å². The van der Waals surface area contributed by atoms with E-state index in [0.29, 0.717) is 38.5 Å². The fourth-order valence-corrected chi connectivity index (χ4v) is 18.0. The van der Waals surface area contributed by atoms with Crippen molar-refractivity contribution in [2.75, 3.05) is 13.2 Å². The molecule has 2 rings (SSSR count). The van der Waals surface area contributed by atoms with Crippen LogP contribution in [-0.2, 0) is 80.1 Å². The number of phosphoric ester groups is 2. The van der Waals surface area contributed by atoms with Crippen molar-refractivity contribution < 1.29 is 120 Å². The van der Waals surface area contributed by atoms with Crippen molar-refractivity contribution in [3.63, 3.8) is 0 Å². The number of unbranched alkanes of at least 4 members (excludes halogenated alkanes) is 52. The molecule has 0 aliphatic carbocycles. The summed E-state index contributed by atoms with van der Waals surface area (Å²) in [4.78, 5) is 128. The monoisotopic (exact) mass is 1830 g/mol. The highest BCUT2D eigenvalue weighted by atomic mass is 31.2. The molecule has 2 saturated heterocycles. The summed E-state index contributed by atoms with van der Waals surface area (Å²) in [5.41, 5.74) is 0. The molecule has 10 N–H and O–H groups in total. The highest BCUT2D eigenvalue weighted by Crippen LogP contribution is 2.44. The molecule has 27 nitrogen and oxygen atoms in total. The number of aliphatic hydroxyl groups excluding tert-OH is 4. The highest BCUT2D eigenvalue weighted by Gasteiger charge is 2.55. The molecular formula is C96H182N2O25P2. The van der Waals surface area contributed by atoms with Crippen molar-refractivity contribution in [2.45, 2.75) is 564 Å². The first-order valence-electron chi connectivity index (χ1n) is 50.7. The molecule has 0 saturated carbocycles. The summed E-state index contributed by atoms with van der Waals surface area (Å²) in [6.45, 7) is 10.9. The molecule has 0 aromatic rings. The third kappa shape index (κ3) is 63.5. The predicted molar refractivity (Wildman–Crippen MR) is 490 cm³/mol. The second kappa shape index (κ2) is 77.2. The van der Waals surface area contributed by atoms with Gasteiger partial charge in [-0.1, -0.05) is 388 Å². The molecule has 2 fully saturated rings. The second-order valence-electron chi connectivity index (χ2n) is 36.2. The number of amides is 2. The van der Waals surface area contributed by atoms with Gasteiger partial charge in [0, 0.05) is 12.8 Å². The van der Waals surface area contributed by atoms with Gasteiger partial charge in [0.25, 0.3) is 0 Å². The lowest BCUT2D eigenvalue weighted by atomic mass is 9.95. The molecular weight excluding hydrogens is 1640 g/mol. The first-order valence-corrected chi connectivity index (χ1v) is 53.8. The molecule has 736 valence electrons. The average molecular weight is 1830 g/mol. The van der Waals surface area contributed by atoms with Crippen LogP contribution >= 0.6 is 15.6 Å². The minimum atomic E-state index is -5.71. The van der Waals surface area contributed by atoms with Gasteiger partial charge in [0.15, 0.2) is 24.8 Å². The van der Waals surface area contributed by atoms with Crippen LogP contribution in [0.2, 0.25) is 0 Å². The zero-order valence-electron chi connectivity index (χ0n) is 79.0. The molecule has 14 atom stereocenters. The summed E-state index contributed by atoms with van der Waals surface area (Å²) in [6, 6.07) is -3.86. The van der Waals surface area contributed by atoms with Crippen molar-refractivity contribution >= 4 is 51.3 Å². The fourth-order valence-electron chi connectivity index (χ4n) is 16.9. The summed E-state index contributed by atoms with van der Waals surface area (Å²) >= 11 is 0. The van der Waals surface area contributed by atoms with E-state index in [4.69, 9.17) is 42.2 Å². The van der Waals surface area contributed by atoms with Gasteiger partial charge in [-0.05, 0) is 51.4 Å². The molecule has 0 spiro atoms. The zero-order chi connectivity index (χ0) is 91.8. The summed E-state index contributed by atoms with van der Waals surface area (Å²) in [5, 5.41) is 51.9. The molecule has 2 aliphatic heterocycles. The van der Waals surface area contributed by atoms with Crippen molar-refractivity contribution in [3.05, 3.63) is 0 Å². The lowest BCUT2D eigenvalue weighted by Gasteiger charge is -2.47. The Morgan fingerprint density at radius 3 is 0.968 bits per heavy atom. The lowest BCUT2D eigenvalue weighted by molar-refractivity contribution is -0.297. The molecule has 0 aromatic heterocycles. The molecule has 0 unspecified atom stereocenters. The number of rotatable bonds is 86. The fraction of sp³-hybridized carbons (Fsp3) is 0.938. The number of hydrogen-bond acceptors (Lipinski definition) is 21. The average Bonchev–Trinajstić information content (AvgIpc) is 0.780. The minimum absolute atomic E-state index is 0.0817. The van der Waals surface area contributed by atoms with Crippen LogP contribution in [0, 0.1) is 0 Å². The van der Waals surface area contributed by atoms with E-state index in [1.807, 2.05) is 0 Å². The summed E-state index contributed by atoms with van der Waals surface area (Å²) < 4.78 is 80.0. The van der Waals surface area contributed by atoms with Gasteiger partial charge < -0.3 is 83.8 Å². The number of carbonyl (C=O) groups excluding carboxylic acids is 6. The third-order valence-electron chi connectivity index (χ3n) is 24.4. The van der Waals surface area contributed by atoms with E-state index in [2.05, 4.69) is 52.2 Å². The van der Waals surface area contributed by atoms with Gasteiger partial charge in [-0.2, -0.15) is 0 Å². The van der Waals surface area contributed by atoms with Gasteiger partial charge in [-0.25, -0.2) is 9.13 Å². The van der Waals surface area contributed by atoms with Gasteiger partial charge in [-0.3, -0.25) is 37.8 Å². The maximum Gasteiger partial charge on any atom is 0.472 e. The highest BCUT2D eigenvalue weighted by molar-refractivity contribution is 7.46. The number of hydrogen-bond donors (Lipinski definition) is 10. The third-order valence-corrected chi connectivity index (χ3v) is 25.4. The lowest BCUT2D eigenvalue weighted by Crippen LogP contribution is -2.68. The first kappa shape index (κ1) is 118. The van der Waals surface area contributed by atoms with Crippen LogP contribution in [0.25, 0.3) is 0 Å². The number of phosphoric acid groups is 2. The smallest absolute Gasteiger partial charge is 0.462 e. The largest absolute Gasteiger partial charge is 0.472 e. The molecule has 125 heavy (non-hydrogen) atoms. The van der Waals surface area contributed by atoms with Gasteiger partial charge >= 0.3 is 39.5 Å². The summed E-state index contributed by atoms with van der Waals surface area (Å²) in [5.74, 6) is -5.02. The first-order chi connectivity index (χ1) is 60.3. The van der Waals surface area contributed by atoms with Crippen LogP contribution in [0.4, 0.5) is 0 Å². The Bertz CT molecular complexity index is 2750. The van der Waals surface area contributed by atoms with Crippen LogP contribution in [0.5, 0.6) is 0 Å². The van der Waals surface area contributed by atoms with E-state index < -0.39 is 176 Å². The van der Waals surface area contributed by atoms with Crippen LogP contribution in [0.3, 0.4) is 0 Å². The Kier molecular flexibility index (Phi) is 72.8. The van der Waals surface area contributed by atoms with Gasteiger partial charge in [0.1, 0.15) is 48.7 Å². The van der Waals surface area contributed by atoms with Gasteiger partial charge in [-0.15, -0.1) is 0 Å². The van der Waals surface area contributed by atoms with Crippen molar-refractivity contribution in [1.82, 2.24) is 10.6 Å². The molecule has 2 heterocycles. The standard InChI is InChI=1S/C96H182N2O25P2/c1-7-13-19-25-31-37-38-39-40-46-52-58-63-69-85(104)116-79(67-61-55-49-43-34-28-22-16-10-4)73-84(103)98-89-93(120-87(106)72-78(101)66-60-54-48-42-33-27-21-15-9-3)91(108)82(119-96(89)123-125(112,113)114)76-115-95-90(97-83(102)71-77(100)65-59-53-47-41-32-26-20-14-8-2)94(92(81(75-99)118-95)122-124(109,110)111)121-88(107)74-80(68-62-56-50-44-35-29-23-17-11-5)117-86(105)70-64-57-51-45-36-30-24-18-12-6/h77-82,89-96,99-101,108H,7-76H2,1-6H3,(H,97,102)(H,98,103)(H2,109,110,111)(H2,112,113,114)/t77-,78-,79+,80-,81-,82-,89-,90-,91-,92-,93-,94-,95-,96+/m1/s1. The van der Waals surface area contributed by atoms with Crippen LogP contribution < -0.4 is 10.6 Å². The van der Waals surface area contributed by atoms with E-state index in [1.54, 1.807) is 0 Å². The summed E-state index contributed by atoms with van der Waals surface area (Å²) in [7, 11) is -11.4. The van der Waals surface area contributed by atoms with Crippen molar-refractivity contribution in [2.24, 2.45) is 0 Å². The normalized spacial score (nSPS) is 20.2. The summed E-state index contributed by atoms with van der Waals surface area (Å²) in [6.07, 6.45) is 36.9. The van der Waals surface area contributed by atoms with E-state index in [1.165, 1.54) is 83.5 Å². The van der Waals surface area contributed by atoms with Crippen molar-refractivity contribution in [3.8, 4) is 0 Å². The zero-order valence-corrected chi connectivity index (χ0v) is 80.8. The van der Waals surface area contributed by atoms with Crippen LogP contribution in [0.15, 0.2) is 0 Å². The van der Waals surface area contributed by atoms with Gasteiger partial charge in [0.2, 0.25) is 11.8 Å². The Labute approximate surface area is 755 Å². The minimum Gasteiger partial charge on any atom is -0.462 e. The van der Waals surface area contributed by atoms with Crippen LogP contribution in [-0.4, -0.2) is 175 Å². The van der Waals surface area contributed by atoms with E-state index in [0.717, 1.165) is 250 Å². The molecule has 29 heteroatoms. The number of ether oxygens (including phenoxy) is 7. The molecule has 0 aromatic carbocycles. The number of carbonyl (C=O) groups is 6. The van der Waals surface area contributed by atoms with Gasteiger partial charge in [0.05, 0.1) is 51.1 Å². The molecule has 2 aliphatic rings. The SMILES string of the molecule is CCCCCCCCCCCCCCCC(=O)O[C@@H](CCCCCCCCCCC)CC(=O)N[C@H]1[C@H](OP(=O)(O)O)O[C@H](CO[C@@H]2O[C@H](CO)[C@@H](OP(=O)(O)O)[C@H](OC(=O)C[C@@H](CCCCCCCCCCC)OC(=O)CCCCCCCCCCC)[C@H]2NC(=O)C[C@H](O)CCCCCCCCCCC)[C@@H](O)[C@@H]1OC(=O)C[C@H](O)CCCCCCCCCCC. The predicted octanol–water partition coefficient (Wildman–Crippen LogP) is 21.4. The van der Waals surface area contributed by atoms with Crippen LogP contribution in [0.1, 0.15) is 478 Å². The van der Waals surface area contributed by atoms with E-state index >= 15 is 0 Å². The Hall–Kier alpha value is -3.24. The quantitative estimate of drug-likeness (QED) is 0.0117. The topological polar surface area (TPSA) is 406 Å². The Morgan fingerprint density at radius 2 is 0.616 bits per heavy atom. The molecule has 0 radical (unpaired) electrons. The Morgan fingerprint density at radius 1 is 0.328 bits per heavy atom. The maximum absolute atomic E-state index is 14.8. The molecule has 0 bridgehead atoms. The maximum atomic E-state index is 14.8.